The topological polar surface area (TPSA) is 88.1 Å². The van der Waals surface area contributed by atoms with Crippen molar-refractivity contribution in [1.82, 2.24) is 19.9 Å². The first kappa shape index (κ1) is 15.1. The van der Waals surface area contributed by atoms with Crippen molar-refractivity contribution in [3.05, 3.63) is 11.4 Å². The van der Waals surface area contributed by atoms with Gasteiger partial charge in [0.2, 0.25) is 16.0 Å². The van der Waals surface area contributed by atoms with Crippen molar-refractivity contribution in [2.75, 3.05) is 30.8 Å². The van der Waals surface area contributed by atoms with Crippen LogP contribution in [0.1, 0.15) is 24.2 Å². The third-order valence-electron chi connectivity index (χ3n) is 3.61. The molecule has 1 aliphatic heterocycles. The molecule has 1 aromatic heterocycles. The second kappa shape index (κ2) is 6.01. The van der Waals surface area contributed by atoms with E-state index in [0.717, 1.165) is 37.3 Å². The Bertz CT molecular complexity index is 567. The Labute approximate surface area is 119 Å². The molecule has 0 aromatic carbocycles. The molecule has 0 spiro atoms. The number of nitrogens with zero attached hydrogens (tertiary/aromatic N) is 4. The van der Waals surface area contributed by atoms with Crippen LogP contribution in [-0.2, 0) is 10.0 Å². The van der Waals surface area contributed by atoms with Crippen molar-refractivity contribution >= 4 is 16.0 Å². The summed E-state index contributed by atoms with van der Waals surface area (Å²) in [6.45, 7) is 6.00. The minimum atomic E-state index is -3.10. The Morgan fingerprint density at radius 2 is 1.85 bits per heavy atom. The van der Waals surface area contributed by atoms with Gasteiger partial charge in [0.25, 0.3) is 0 Å². The average Bonchev–Trinajstić information content (AvgIpc) is 2.39. The van der Waals surface area contributed by atoms with Gasteiger partial charge in [-0.25, -0.2) is 18.1 Å². The third kappa shape index (κ3) is 4.11. The lowest BCUT2D eigenvalue weighted by Gasteiger charge is -2.31. The molecule has 0 saturated carbocycles. The number of hydrogen-bond acceptors (Lipinski definition) is 6. The second-order valence-corrected chi connectivity index (χ2v) is 7.17. The van der Waals surface area contributed by atoms with Crippen molar-refractivity contribution in [2.45, 2.75) is 26.7 Å². The molecule has 1 aliphatic rings. The molecule has 0 amide bonds. The standard InChI is InChI=1S/C12H21N5O2S/c1-9-10(2)15-16-12(14-9)17-6-4-11(5-7-17)8-13-20(3,18)19/h11,13H,4-8H2,1-3H3. The highest BCUT2D eigenvalue weighted by Crippen LogP contribution is 2.20. The molecule has 2 rings (SSSR count). The first-order valence-electron chi connectivity index (χ1n) is 6.72. The van der Waals surface area contributed by atoms with Crippen molar-refractivity contribution in [2.24, 2.45) is 5.92 Å². The highest BCUT2D eigenvalue weighted by atomic mass is 32.2. The summed E-state index contributed by atoms with van der Waals surface area (Å²) in [5.41, 5.74) is 1.75. The number of hydrogen-bond donors (Lipinski definition) is 1. The molecular weight excluding hydrogens is 278 g/mol. The quantitative estimate of drug-likeness (QED) is 0.857. The Morgan fingerprint density at radius 1 is 1.20 bits per heavy atom. The van der Waals surface area contributed by atoms with Crippen LogP contribution in [0.15, 0.2) is 0 Å². The maximum atomic E-state index is 11.1. The number of aromatic nitrogens is 3. The predicted molar refractivity (Wildman–Crippen MR) is 77.1 cm³/mol. The van der Waals surface area contributed by atoms with Crippen molar-refractivity contribution in [3.63, 3.8) is 0 Å². The molecule has 0 unspecified atom stereocenters. The normalized spacial score (nSPS) is 17.4. The number of nitrogens with one attached hydrogen (secondary N) is 1. The summed E-state index contributed by atoms with van der Waals surface area (Å²) >= 11 is 0. The summed E-state index contributed by atoms with van der Waals surface area (Å²) < 4.78 is 24.7. The van der Waals surface area contributed by atoms with E-state index in [1.165, 1.54) is 6.26 Å². The van der Waals surface area contributed by atoms with Gasteiger partial charge in [0.05, 0.1) is 17.6 Å². The summed E-state index contributed by atoms with van der Waals surface area (Å²) in [4.78, 5) is 6.56. The molecule has 1 saturated heterocycles. The molecule has 7 nitrogen and oxygen atoms in total. The fourth-order valence-corrected chi connectivity index (χ4v) is 2.72. The van der Waals surface area contributed by atoms with Crippen LogP contribution in [0.5, 0.6) is 0 Å². The number of anilines is 1. The summed E-state index contributed by atoms with van der Waals surface area (Å²) in [6, 6.07) is 0. The van der Waals surface area contributed by atoms with Gasteiger partial charge in [-0.3, -0.25) is 0 Å². The van der Waals surface area contributed by atoms with Gasteiger partial charge in [0.15, 0.2) is 0 Å². The monoisotopic (exact) mass is 299 g/mol. The van der Waals surface area contributed by atoms with Gasteiger partial charge in [-0.2, -0.15) is 5.10 Å². The molecule has 0 atom stereocenters. The molecule has 20 heavy (non-hydrogen) atoms. The molecule has 0 aliphatic carbocycles. The zero-order valence-electron chi connectivity index (χ0n) is 12.1. The van der Waals surface area contributed by atoms with Gasteiger partial charge < -0.3 is 4.90 Å². The fraction of sp³-hybridized carbons (Fsp3) is 0.750. The molecule has 8 heteroatoms. The molecular formula is C12H21N5O2S. The van der Waals surface area contributed by atoms with Crippen LogP contribution in [0.4, 0.5) is 5.95 Å². The number of rotatable bonds is 4. The number of piperidine rings is 1. The fourth-order valence-electron chi connectivity index (χ4n) is 2.19. The van der Waals surface area contributed by atoms with E-state index in [4.69, 9.17) is 0 Å². The van der Waals surface area contributed by atoms with E-state index in [1.54, 1.807) is 0 Å². The van der Waals surface area contributed by atoms with Crippen LogP contribution in [0.3, 0.4) is 0 Å². The highest BCUT2D eigenvalue weighted by molar-refractivity contribution is 7.88. The minimum absolute atomic E-state index is 0.375. The Balaban J connectivity index is 1.89. The third-order valence-corrected chi connectivity index (χ3v) is 4.30. The van der Waals surface area contributed by atoms with Crippen LogP contribution in [0, 0.1) is 19.8 Å². The maximum Gasteiger partial charge on any atom is 0.245 e. The molecule has 0 radical (unpaired) electrons. The van der Waals surface area contributed by atoms with Crippen molar-refractivity contribution in [3.8, 4) is 0 Å². The summed E-state index contributed by atoms with van der Waals surface area (Å²) in [5.74, 6) is 1.04. The van der Waals surface area contributed by atoms with E-state index in [1.807, 2.05) is 13.8 Å². The summed E-state index contributed by atoms with van der Waals surface area (Å²) in [7, 11) is -3.10. The first-order valence-corrected chi connectivity index (χ1v) is 8.62. The van der Waals surface area contributed by atoms with Gasteiger partial charge in [0, 0.05) is 19.6 Å². The number of aryl methyl sites for hydroxylation is 2. The van der Waals surface area contributed by atoms with E-state index in [0.29, 0.717) is 18.4 Å². The lowest BCUT2D eigenvalue weighted by atomic mass is 9.97. The Morgan fingerprint density at radius 3 is 2.40 bits per heavy atom. The lowest BCUT2D eigenvalue weighted by Crippen LogP contribution is -2.39. The largest absolute Gasteiger partial charge is 0.340 e. The second-order valence-electron chi connectivity index (χ2n) is 5.33. The lowest BCUT2D eigenvalue weighted by molar-refractivity contribution is 0.398. The minimum Gasteiger partial charge on any atom is -0.340 e. The van der Waals surface area contributed by atoms with Crippen LogP contribution in [0.2, 0.25) is 0 Å². The SMILES string of the molecule is Cc1nnc(N2CCC(CNS(C)(=O)=O)CC2)nc1C. The van der Waals surface area contributed by atoms with Crippen LogP contribution in [-0.4, -0.2) is 49.5 Å². The van der Waals surface area contributed by atoms with Crippen molar-refractivity contribution < 1.29 is 8.42 Å². The molecule has 1 N–H and O–H groups in total. The van der Waals surface area contributed by atoms with Crippen molar-refractivity contribution in [1.29, 1.82) is 0 Å². The predicted octanol–water partition coefficient (Wildman–Crippen LogP) is 0.254. The van der Waals surface area contributed by atoms with E-state index in [2.05, 4.69) is 24.8 Å². The molecule has 112 valence electrons. The van der Waals surface area contributed by atoms with E-state index in [9.17, 15) is 8.42 Å². The molecule has 0 bridgehead atoms. The zero-order chi connectivity index (χ0) is 14.8. The smallest absolute Gasteiger partial charge is 0.245 e. The average molecular weight is 299 g/mol. The van der Waals surface area contributed by atoms with Crippen LogP contribution in [0.25, 0.3) is 0 Å². The van der Waals surface area contributed by atoms with Gasteiger partial charge in [-0.1, -0.05) is 0 Å². The summed E-state index contributed by atoms with van der Waals surface area (Å²) in [6.07, 6.45) is 3.05. The van der Waals surface area contributed by atoms with E-state index in [-0.39, 0.29) is 0 Å². The highest BCUT2D eigenvalue weighted by Gasteiger charge is 2.22. The number of sulfonamides is 1. The summed E-state index contributed by atoms with van der Waals surface area (Å²) in [5, 5.41) is 8.22. The van der Waals surface area contributed by atoms with E-state index < -0.39 is 10.0 Å². The van der Waals surface area contributed by atoms with Crippen LogP contribution < -0.4 is 9.62 Å². The first-order chi connectivity index (χ1) is 9.35. The molecule has 2 heterocycles. The Kier molecular flexibility index (Phi) is 4.54. The van der Waals surface area contributed by atoms with Gasteiger partial charge in [-0.15, -0.1) is 5.10 Å². The molecule has 1 aromatic rings. The van der Waals surface area contributed by atoms with Gasteiger partial charge in [-0.05, 0) is 32.6 Å². The van der Waals surface area contributed by atoms with E-state index >= 15 is 0 Å². The maximum absolute atomic E-state index is 11.1. The zero-order valence-corrected chi connectivity index (χ0v) is 12.9. The van der Waals surface area contributed by atoms with Crippen LogP contribution >= 0.6 is 0 Å². The Hall–Kier alpha value is -1.28. The van der Waals surface area contributed by atoms with Gasteiger partial charge >= 0.3 is 0 Å². The molecule has 1 fully saturated rings. The van der Waals surface area contributed by atoms with Gasteiger partial charge in [0.1, 0.15) is 0 Å².